The van der Waals surface area contributed by atoms with E-state index in [1.54, 1.807) is 4.80 Å². The Morgan fingerprint density at radius 1 is 0.941 bits per heavy atom. The van der Waals surface area contributed by atoms with Crippen LogP contribution in [0.5, 0.6) is 0 Å². The molecular weight excluding hydrogens is 210 g/mol. The highest BCUT2D eigenvalue weighted by atomic mass is 15.5. The largest absolute Gasteiger partial charge is 0.150 e. The van der Waals surface area contributed by atoms with Gasteiger partial charge < -0.3 is 0 Å². The van der Waals surface area contributed by atoms with E-state index in [-0.39, 0.29) is 0 Å². The van der Waals surface area contributed by atoms with Crippen molar-refractivity contribution in [3.05, 3.63) is 53.6 Å². The molecule has 0 aliphatic carbocycles. The van der Waals surface area contributed by atoms with Crippen molar-refractivity contribution in [1.29, 1.82) is 0 Å². The monoisotopic (exact) mass is 222 g/mol. The van der Waals surface area contributed by atoms with Crippen LogP contribution in [0.1, 0.15) is 11.1 Å². The summed E-state index contributed by atoms with van der Waals surface area (Å²) in [7, 11) is 0. The predicted octanol–water partition coefficient (Wildman–Crippen LogP) is 2.84. The van der Waals surface area contributed by atoms with Gasteiger partial charge >= 0.3 is 0 Å². The van der Waals surface area contributed by atoms with Crippen molar-refractivity contribution in [2.45, 2.75) is 13.8 Å². The second-order valence-electron chi connectivity index (χ2n) is 4.18. The summed E-state index contributed by atoms with van der Waals surface area (Å²) in [6.07, 6.45) is 0. The van der Waals surface area contributed by atoms with Crippen LogP contribution in [-0.4, -0.2) is 15.0 Å². The van der Waals surface area contributed by atoms with E-state index in [9.17, 15) is 0 Å². The minimum absolute atomic E-state index is 0.913. The maximum atomic E-state index is 4.46. The Morgan fingerprint density at radius 2 is 1.47 bits per heavy atom. The van der Waals surface area contributed by atoms with Gasteiger partial charge in [-0.1, -0.05) is 12.1 Å². The molecule has 0 N–H and O–H groups in total. The summed E-state index contributed by atoms with van der Waals surface area (Å²) in [5, 5.41) is 8.91. The van der Waals surface area contributed by atoms with E-state index in [4.69, 9.17) is 0 Å². The Balaban J connectivity index is 2.20. The van der Waals surface area contributed by atoms with E-state index in [1.807, 2.05) is 50.2 Å². The molecule has 3 nitrogen and oxygen atoms in total. The number of hydrogen-bond donors (Lipinski definition) is 0. The minimum Gasteiger partial charge on any atom is -0.150 e. The molecule has 0 fully saturated rings. The third kappa shape index (κ3) is 1.80. The Bertz CT molecular complexity index is 630. The van der Waals surface area contributed by atoms with Gasteiger partial charge in [0.2, 0.25) is 0 Å². The molecule has 0 amide bonds. The number of rotatable bonds is 1. The van der Waals surface area contributed by atoms with Crippen LogP contribution in [0, 0.1) is 19.9 Å². The van der Waals surface area contributed by atoms with E-state index in [0.29, 0.717) is 0 Å². The molecule has 0 saturated heterocycles. The first-order valence-electron chi connectivity index (χ1n) is 5.55. The van der Waals surface area contributed by atoms with Gasteiger partial charge in [0, 0.05) is 0 Å². The van der Waals surface area contributed by atoms with E-state index < -0.39 is 0 Å². The number of aryl methyl sites for hydroxylation is 2. The molecule has 17 heavy (non-hydrogen) atoms. The zero-order valence-corrected chi connectivity index (χ0v) is 9.81. The van der Waals surface area contributed by atoms with E-state index in [1.165, 1.54) is 0 Å². The lowest BCUT2D eigenvalue weighted by Gasteiger charge is -2.02. The molecule has 83 valence electrons. The van der Waals surface area contributed by atoms with Crippen LogP contribution in [0.2, 0.25) is 0 Å². The fourth-order valence-corrected chi connectivity index (χ4v) is 1.96. The number of nitrogens with zero attached hydrogens (tertiary/aromatic N) is 3. The second-order valence-corrected chi connectivity index (χ2v) is 4.18. The maximum Gasteiger partial charge on any atom is 0.113 e. The van der Waals surface area contributed by atoms with Crippen LogP contribution in [-0.2, 0) is 0 Å². The third-order valence-corrected chi connectivity index (χ3v) is 2.64. The first kappa shape index (κ1) is 10.0. The van der Waals surface area contributed by atoms with E-state index in [0.717, 1.165) is 27.8 Å². The summed E-state index contributed by atoms with van der Waals surface area (Å²) < 4.78 is 0. The quantitative estimate of drug-likeness (QED) is 0.634. The normalized spacial score (nSPS) is 10.9. The average molecular weight is 222 g/mol. The molecule has 0 unspecified atom stereocenters. The topological polar surface area (TPSA) is 30.7 Å². The van der Waals surface area contributed by atoms with Gasteiger partial charge in [0.1, 0.15) is 11.0 Å². The Morgan fingerprint density at radius 3 is 2.00 bits per heavy atom. The highest BCUT2D eigenvalue weighted by Gasteiger charge is 2.04. The van der Waals surface area contributed by atoms with Gasteiger partial charge in [-0.15, -0.1) is 10.2 Å². The summed E-state index contributed by atoms with van der Waals surface area (Å²) >= 11 is 0. The maximum absolute atomic E-state index is 4.46. The lowest BCUT2D eigenvalue weighted by atomic mass is 10.1. The average Bonchev–Trinajstić information content (AvgIpc) is 2.71. The molecule has 1 heterocycles. The molecule has 3 rings (SSSR count). The summed E-state index contributed by atoms with van der Waals surface area (Å²) in [6.45, 7) is 4.05. The second kappa shape index (κ2) is 3.70. The van der Waals surface area contributed by atoms with E-state index >= 15 is 0 Å². The molecule has 0 saturated carbocycles. The fraction of sp³-hybridized carbons (Fsp3) is 0.143. The standard InChI is InChI=1S/C14H12N3/c1-10-7-11(2)9-12(8-10)17-15-13-5-3-4-6-14(13)16-17/h3-6,8-9H,1-2H3. The van der Waals surface area contributed by atoms with Crippen molar-refractivity contribution in [3.63, 3.8) is 0 Å². The van der Waals surface area contributed by atoms with Gasteiger partial charge in [-0.25, -0.2) is 0 Å². The third-order valence-electron chi connectivity index (χ3n) is 2.64. The summed E-state index contributed by atoms with van der Waals surface area (Å²) in [5.41, 5.74) is 5.00. The van der Waals surface area contributed by atoms with Crippen molar-refractivity contribution >= 4 is 11.0 Å². The van der Waals surface area contributed by atoms with Crippen molar-refractivity contribution < 1.29 is 0 Å². The Hall–Kier alpha value is -2.16. The SMILES string of the molecule is Cc1[c]c(C)cc(-n2nc3ccccc3n2)c1. The van der Waals surface area contributed by atoms with Crippen molar-refractivity contribution in [3.8, 4) is 5.69 Å². The summed E-state index contributed by atoms with van der Waals surface area (Å²) in [4.78, 5) is 1.68. The molecule has 0 bridgehead atoms. The van der Waals surface area contributed by atoms with Crippen LogP contribution in [0.15, 0.2) is 36.4 Å². The van der Waals surface area contributed by atoms with Crippen LogP contribution in [0.4, 0.5) is 0 Å². The Labute approximate surface area is 99.7 Å². The number of benzene rings is 2. The molecule has 0 atom stereocenters. The molecule has 1 radical (unpaired) electrons. The van der Waals surface area contributed by atoms with Crippen molar-refractivity contribution in [2.24, 2.45) is 0 Å². The molecule has 0 aliphatic rings. The van der Waals surface area contributed by atoms with Crippen LogP contribution >= 0.6 is 0 Å². The first-order chi connectivity index (χ1) is 8.22. The zero-order valence-electron chi connectivity index (χ0n) is 9.81. The van der Waals surface area contributed by atoms with Crippen LogP contribution in [0.3, 0.4) is 0 Å². The lowest BCUT2D eigenvalue weighted by molar-refractivity contribution is 0.764. The molecule has 1 aromatic heterocycles. The van der Waals surface area contributed by atoms with E-state index in [2.05, 4.69) is 16.3 Å². The van der Waals surface area contributed by atoms with Gasteiger partial charge in [-0.2, -0.15) is 4.80 Å². The zero-order chi connectivity index (χ0) is 11.8. The highest BCUT2D eigenvalue weighted by molar-refractivity contribution is 5.73. The van der Waals surface area contributed by atoms with Gasteiger partial charge in [-0.05, 0) is 55.3 Å². The van der Waals surface area contributed by atoms with Crippen molar-refractivity contribution in [1.82, 2.24) is 15.0 Å². The minimum atomic E-state index is 0.913. The number of hydrogen-bond acceptors (Lipinski definition) is 2. The predicted molar refractivity (Wildman–Crippen MR) is 67.2 cm³/mol. The molecule has 3 aromatic rings. The number of fused-ring (bicyclic) bond motifs is 1. The van der Waals surface area contributed by atoms with Gasteiger partial charge in [0.15, 0.2) is 0 Å². The van der Waals surface area contributed by atoms with Crippen LogP contribution in [0.25, 0.3) is 16.7 Å². The summed E-state index contributed by atoms with van der Waals surface area (Å²) in [6, 6.07) is 15.2. The molecule has 0 aliphatic heterocycles. The molecule has 0 spiro atoms. The van der Waals surface area contributed by atoms with Crippen LogP contribution < -0.4 is 0 Å². The Kier molecular flexibility index (Phi) is 2.18. The smallest absolute Gasteiger partial charge is 0.113 e. The summed E-state index contributed by atoms with van der Waals surface area (Å²) in [5.74, 6) is 0. The van der Waals surface area contributed by atoms with Gasteiger partial charge in [0.25, 0.3) is 0 Å². The molecular formula is C14H12N3. The molecule has 3 heteroatoms. The number of aromatic nitrogens is 3. The van der Waals surface area contributed by atoms with Crippen molar-refractivity contribution in [2.75, 3.05) is 0 Å². The highest BCUT2D eigenvalue weighted by Crippen LogP contribution is 2.14. The first-order valence-corrected chi connectivity index (χ1v) is 5.55. The lowest BCUT2D eigenvalue weighted by Crippen LogP contribution is -1.99. The molecule has 2 aromatic carbocycles. The van der Waals surface area contributed by atoms with Gasteiger partial charge in [-0.3, -0.25) is 0 Å². The van der Waals surface area contributed by atoms with Gasteiger partial charge in [0.05, 0.1) is 5.69 Å². The fourth-order valence-electron chi connectivity index (χ4n) is 1.96.